The van der Waals surface area contributed by atoms with E-state index in [0.717, 1.165) is 115 Å². The summed E-state index contributed by atoms with van der Waals surface area (Å²) in [6.07, 6.45) is 71.7. The van der Waals surface area contributed by atoms with Crippen molar-refractivity contribution in [1.82, 2.24) is 0 Å². The summed E-state index contributed by atoms with van der Waals surface area (Å²) in [4.78, 5) is 73.1. The first-order chi connectivity index (χ1) is 50.1. The Morgan fingerprint density at radius 2 is 0.544 bits per heavy atom. The van der Waals surface area contributed by atoms with Crippen LogP contribution < -0.4 is 0 Å². The molecule has 0 aromatic rings. The number of allylic oxidation sites excluding steroid dienone is 4. The number of phosphoric ester groups is 2. The normalized spacial score (nSPS) is 14.2. The molecule has 608 valence electrons. The molecule has 0 aliphatic carbocycles. The second kappa shape index (κ2) is 76.3. The van der Waals surface area contributed by atoms with Crippen molar-refractivity contribution in [1.29, 1.82) is 0 Å². The number of hydrogen-bond donors (Lipinski definition) is 3. The molecule has 0 aliphatic heterocycles. The third kappa shape index (κ3) is 76.1. The third-order valence-corrected chi connectivity index (χ3v) is 21.4. The Balaban J connectivity index is 5.25. The second-order valence-electron chi connectivity index (χ2n) is 29.8. The fraction of sp³-hybridized carbons (Fsp3) is 0.905. The van der Waals surface area contributed by atoms with Gasteiger partial charge in [-0.05, 0) is 57.3 Å². The number of carbonyl (C=O) groups excluding carboxylic acids is 4. The van der Waals surface area contributed by atoms with Crippen LogP contribution in [0.15, 0.2) is 24.3 Å². The van der Waals surface area contributed by atoms with Crippen molar-refractivity contribution >= 4 is 39.5 Å². The highest BCUT2D eigenvalue weighted by atomic mass is 31.2. The van der Waals surface area contributed by atoms with E-state index in [4.69, 9.17) is 37.0 Å². The maximum absolute atomic E-state index is 13.1. The first-order valence-electron chi connectivity index (χ1n) is 43.0. The van der Waals surface area contributed by atoms with E-state index in [-0.39, 0.29) is 25.7 Å². The van der Waals surface area contributed by atoms with Crippen molar-refractivity contribution in [2.75, 3.05) is 39.6 Å². The molecule has 0 amide bonds. The van der Waals surface area contributed by atoms with E-state index < -0.39 is 97.5 Å². The minimum Gasteiger partial charge on any atom is -0.462 e. The van der Waals surface area contributed by atoms with Crippen LogP contribution >= 0.6 is 15.6 Å². The van der Waals surface area contributed by atoms with E-state index in [9.17, 15) is 43.2 Å². The number of ether oxygens (including phenoxy) is 4. The van der Waals surface area contributed by atoms with Gasteiger partial charge >= 0.3 is 39.5 Å². The van der Waals surface area contributed by atoms with Gasteiger partial charge in [-0.3, -0.25) is 37.3 Å². The summed E-state index contributed by atoms with van der Waals surface area (Å²) in [5.41, 5.74) is 0. The van der Waals surface area contributed by atoms with Gasteiger partial charge in [0, 0.05) is 25.7 Å². The van der Waals surface area contributed by atoms with E-state index >= 15 is 0 Å². The van der Waals surface area contributed by atoms with Gasteiger partial charge in [0.25, 0.3) is 0 Å². The third-order valence-electron chi connectivity index (χ3n) is 19.5. The summed E-state index contributed by atoms with van der Waals surface area (Å²) >= 11 is 0. The van der Waals surface area contributed by atoms with Crippen LogP contribution in [-0.2, 0) is 65.4 Å². The highest BCUT2D eigenvalue weighted by Gasteiger charge is 2.30. The molecule has 0 fully saturated rings. The molecule has 0 radical (unpaired) electrons. The van der Waals surface area contributed by atoms with E-state index in [1.807, 2.05) is 0 Å². The zero-order chi connectivity index (χ0) is 75.5. The van der Waals surface area contributed by atoms with Crippen LogP contribution in [0.3, 0.4) is 0 Å². The zero-order valence-corrected chi connectivity index (χ0v) is 68.7. The number of rotatable bonds is 82. The Morgan fingerprint density at radius 3 is 0.825 bits per heavy atom. The molecule has 3 unspecified atom stereocenters. The van der Waals surface area contributed by atoms with E-state index in [1.54, 1.807) is 0 Å². The van der Waals surface area contributed by atoms with Gasteiger partial charge in [0.05, 0.1) is 26.4 Å². The maximum atomic E-state index is 13.1. The molecule has 0 saturated carbocycles. The Morgan fingerprint density at radius 1 is 0.311 bits per heavy atom. The molecule has 0 aliphatic rings. The minimum absolute atomic E-state index is 0.0846. The summed E-state index contributed by atoms with van der Waals surface area (Å²) in [6.45, 7) is 7.23. The summed E-state index contributed by atoms with van der Waals surface area (Å²) < 4.78 is 68.7. The first-order valence-corrected chi connectivity index (χ1v) is 46.0. The summed E-state index contributed by atoms with van der Waals surface area (Å²) in [5.74, 6) is -1.41. The molecule has 0 heterocycles. The summed E-state index contributed by atoms with van der Waals surface area (Å²) in [7, 11) is -9.94. The molecular formula is C84H160O17P2. The molecule has 6 atom stereocenters. The predicted octanol–water partition coefficient (Wildman–Crippen LogP) is 25.1. The molecule has 19 heteroatoms. The summed E-state index contributed by atoms with van der Waals surface area (Å²) in [5, 5.41) is 10.7. The molecular weight excluding hydrogens is 1340 g/mol. The molecule has 0 rings (SSSR count). The smallest absolute Gasteiger partial charge is 0.462 e. The Kier molecular flexibility index (Phi) is 74.5. The predicted molar refractivity (Wildman–Crippen MR) is 423 cm³/mol. The highest BCUT2D eigenvalue weighted by Crippen LogP contribution is 2.45. The number of esters is 4. The topological polar surface area (TPSA) is 237 Å². The van der Waals surface area contributed by atoms with Crippen LogP contribution in [0.1, 0.15) is 426 Å². The SMILES string of the molecule is CCCCCC/C=C\C=C/CCCCCCCC(=O)O[C@H](COC(=O)CCCCCCCCC(C)CC)COP(=O)(O)OC[C@H](O)COP(=O)(O)OC[C@@H](COC(=O)CCCCCCCCCCCCCCCCCC)OC(=O)CCCCCCCCCCCCCCCCCCCCCCCC. The quantitative estimate of drug-likeness (QED) is 0.0169. The minimum atomic E-state index is -4.97. The fourth-order valence-corrected chi connectivity index (χ4v) is 14.1. The number of aliphatic hydroxyl groups excluding tert-OH is 1. The lowest BCUT2D eigenvalue weighted by Gasteiger charge is -2.21. The lowest BCUT2D eigenvalue weighted by molar-refractivity contribution is -0.161. The van der Waals surface area contributed by atoms with Crippen molar-refractivity contribution in [2.24, 2.45) is 5.92 Å². The number of unbranched alkanes of at least 4 members (excludes halogenated alkanes) is 50. The van der Waals surface area contributed by atoms with Crippen molar-refractivity contribution < 1.29 is 80.2 Å². The standard InChI is InChI=1S/C84H160O17P2/c1-6-10-13-16-19-22-25-28-31-33-34-35-36-37-38-41-44-47-50-53-60-65-69-83(88)100-79(73-94-81(86)67-62-57-51-48-45-42-40-32-29-26-23-20-17-14-11-7-2)75-98-102(90,91)96-71-78(85)72-97-103(92,93)99-76-80(74-95-82(87)68-63-58-55-54-56-61-66-77(5)9-4)101-84(89)70-64-59-52-49-46-43-39-30-27-24-21-18-15-12-8-3/h24,27,30,39,77-80,85H,6-23,25-26,28-29,31-38,40-76H2,1-5H3,(H,90,91)(H,92,93)/b27-24-,39-30-/t77?,78-,79-,80-/m1/s1. The Hall–Kier alpha value is -2.46. The molecule has 0 aromatic heterocycles. The second-order valence-corrected chi connectivity index (χ2v) is 32.7. The Labute approximate surface area is 631 Å². The van der Waals surface area contributed by atoms with E-state index in [1.165, 1.54) is 231 Å². The highest BCUT2D eigenvalue weighted by molar-refractivity contribution is 7.47. The van der Waals surface area contributed by atoms with Gasteiger partial charge < -0.3 is 33.8 Å². The van der Waals surface area contributed by atoms with Crippen LogP contribution in [0.5, 0.6) is 0 Å². The number of hydrogen-bond acceptors (Lipinski definition) is 15. The largest absolute Gasteiger partial charge is 0.472 e. The van der Waals surface area contributed by atoms with E-state index in [0.29, 0.717) is 25.7 Å². The van der Waals surface area contributed by atoms with E-state index in [2.05, 4.69) is 58.9 Å². The monoisotopic (exact) mass is 1500 g/mol. The molecule has 3 N–H and O–H groups in total. The Bertz CT molecular complexity index is 2060. The lowest BCUT2D eigenvalue weighted by Crippen LogP contribution is -2.30. The van der Waals surface area contributed by atoms with Crippen molar-refractivity contribution in [3.8, 4) is 0 Å². The van der Waals surface area contributed by atoms with Gasteiger partial charge in [-0.25, -0.2) is 9.13 Å². The molecule has 0 saturated heterocycles. The number of aliphatic hydroxyl groups is 1. The van der Waals surface area contributed by atoms with Gasteiger partial charge in [0.15, 0.2) is 12.2 Å². The number of phosphoric acid groups is 2. The zero-order valence-electron chi connectivity index (χ0n) is 66.9. The van der Waals surface area contributed by atoms with Gasteiger partial charge in [-0.1, -0.05) is 374 Å². The average Bonchev–Trinajstić information content (AvgIpc) is 0.963. The fourth-order valence-electron chi connectivity index (χ4n) is 12.5. The van der Waals surface area contributed by atoms with Crippen LogP contribution in [0.4, 0.5) is 0 Å². The van der Waals surface area contributed by atoms with Gasteiger partial charge in [-0.15, -0.1) is 0 Å². The van der Waals surface area contributed by atoms with Gasteiger partial charge in [0.1, 0.15) is 19.3 Å². The lowest BCUT2D eigenvalue weighted by atomic mass is 10.00. The molecule has 0 aromatic carbocycles. The van der Waals surface area contributed by atoms with Crippen LogP contribution in [0.25, 0.3) is 0 Å². The molecule has 17 nitrogen and oxygen atoms in total. The van der Waals surface area contributed by atoms with Crippen LogP contribution in [-0.4, -0.2) is 96.7 Å². The van der Waals surface area contributed by atoms with Crippen LogP contribution in [0.2, 0.25) is 0 Å². The average molecular weight is 1500 g/mol. The van der Waals surface area contributed by atoms with Crippen molar-refractivity contribution in [3.05, 3.63) is 24.3 Å². The molecule has 103 heavy (non-hydrogen) atoms. The van der Waals surface area contributed by atoms with Gasteiger partial charge in [0.2, 0.25) is 0 Å². The maximum Gasteiger partial charge on any atom is 0.472 e. The molecule has 0 spiro atoms. The van der Waals surface area contributed by atoms with Gasteiger partial charge in [-0.2, -0.15) is 0 Å². The van der Waals surface area contributed by atoms with Crippen molar-refractivity contribution in [3.63, 3.8) is 0 Å². The van der Waals surface area contributed by atoms with Crippen molar-refractivity contribution in [2.45, 2.75) is 445 Å². The number of carbonyl (C=O) groups is 4. The van der Waals surface area contributed by atoms with Crippen LogP contribution in [0, 0.1) is 5.92 Å². The summed E-state index contributed by atoms with van der Waals surface area (Å²) in [6, 6.07) is 0. The first kappa shape index (κ1) is 101. The molecule has 0 bridgehead atoms.